The van der Waals surface area contributed by atoms with Crippen molar-refractivity contribution in [1.29, 1.82) is 0 Å². The van der Waals surface area contributed by atoms with Crippen molar-refractivity contribution < 1.29 is 13.5 Å². The normalized spacial score (nSPS) is 20.9. The number of hydrogen-bond donors (Lipinski definition) is 2. The first-order valence-corrected chi connectivity index (χ1v) is 7.96. The molecule has 0 spiro atoms. The minimum atomic E-state index is -3.77. The van der Waals surface area contributed by atoms with Gasteiger partial charge in [-0.15, -0.1) is 5.10 Å². The van der Waals surface area contributed by atoms with E-state index in [4.69, 9.17) is 0 Å². The van der Waals surface area contributed by atoms with Gasteiger partial charge in [0.25, 0.3) is 5.95 Å². The van der Waals surface area contributed by atoms with Crippen LogP contribution in [0.5, 0.6) is 0 Å². The molecule has 0 aliphatic carbocycles. The van der Waals surface area contributed by atoms with E-state index in [0.717, 1.165) is 12.8 Å². The lowest BCUT2D eigenvalue weighted by atomic mass is 10.1. The number of anilines is 1. The second-order valence-electron chi connectivity index (χ2n) is 4.86. The molecular weight excluding hydrogens is 282 g/mol. The lowest BCUT2D eigenvalue weighted by Crippen LogP contribution is -2.48. The number of aliphatic hydroxyl groups excluding tert-OH is 1. The smallest absolute Gasteiger partial charge is 0.304 e. The maximum absolute atomic E-state index is 12.3. The Morgan fingerprint density at radius 3 is 2.70 bits per heavy atom. The molecule has 2 heterocycles. The minimum Gasteiger partial charge on any atom is -0.395 e. The molecule has 1 aliphatic heterocycles. The molecule has 20 heavy (non-hydrogen) atoms. The van der Waals surface area contributed by atoms with Crippen LogP contribution in [-0.2, 0) is 10.2 Å². The fourth-order valence-corrected chi connectivity index (χ4v) is 3.52. The molecule has 0 amide bonds. The second kappa shape index (κ2) is 5.98. The molecule has 1 aromatic rings. The lowest BCUT2D eigenvalue weighted by molar-refractivity contribution is 0.155. The highest BCUT2D eigenvalue weighted by molar-refractivity contribution is 7.90. The highest BCUT2D eigenvalue weighted by Crippen LogP contribution is 2.20. The van der Waals surface area contributed by atoms with E-state index in [0.29, 0.717) is 24.4 Å². The summed E-state index contributed by atoms with van der Waals surface area (Å²) in [5, 5.41) is 16.9. The summed E-state index contributed by atoms with van der Waals surface area (Å²) in [5.74, 6) is -0.0460. The van der Waals surface area contributed by atoms with Crippen LogP contribution in [-0.4, -0.2) is 52.2 Å². The van der Waals surface area contributed by atoms with Crippen molar-refractivity contribution in [2.24, 2.45) is 0 Å². The zero-order valence-electron chi connectivity index (χ0n) is 11.6. The van der Waals surface area contributed by atoms with Crippen LogP contribution in [0.1, 0.15) is 30.7 Å². The van der Waals surface area contributed by atoms with E-state index >= 15 is 0 Å². The van der Waals surface area contributed by atoms with Gasteiger partial charge in [0, 0.05) is 12.6 Å². The van der Waals surface area contributed by atoms with Crippen LogP contribution in [0.3, 0.4) is 0 Å². The Labute approximate surface area is 118 Å². The molecule has 0 radical (unpaired) electrons. The first-order chi connectivity index (χ1) is 9.44. The molecule has 9 heteroatoms. The van der Waals surface area contributed by atoms with Crippen LogP contribution in [0.4, 0.5) is 5.95 Å². The average molecular weight is 301 g/mol. The van der Waals surface area contributed by atoms with Gasteiger partial charge in [-0.05, 0) is 26.7 Å². The van der Waals surface area contributed by atoms with Crippen LogP contribution < -0.4 is 4.72 Å². The summed E-state index contributed by atoms with van der Waals surface area (Å²) >= 11 is 0. The van der Waals surface area contributed by atoms with E-state index in [9.17, 15) is 13.5 Å². The number of aryl methyl sites for hydroxylation is 2. The van der Waals surface area contributed by atoms with Crippen molar-refractivity contribution in [2.45, 2.75) is 39.2 Å². The second-order valence-corrected chi connectivity index (χ2v) is 6.48. The molecule has 1 atom stereocenters. The summed E-state index contributed by atoms with van der Waals surface area (Å²) in [5.41, 5.74) is 1.27. The van der Waals surface area contributed by atoms with Crippen molar-refractivity contribution >= 4 is 16.2 Å². The summed E-state index contributed by atoms with van der Waals surface area (Å²) < 4.78 is 28.2. The Balaban J connectivity index is 2.19. The number of nitrogens with one attached hydrogen (secondary N) is 1. The van der Waals surface area contributed by atoms with E-state index in [1.165, 1.54) is 4.31 Å². The Bertz CT molecular complexity index is 577. The van der Waals surface area contributed by atoms with Gasteiger partial charge in [0.1, 0.15) is 0 Å². The molecule has 0 bridgehead atoms. The van der Waals surface area contributed by atoms with Gasteiger partial charge < -0.3 is 5.11 Å². The van der Waals surface area contributed by atoms with E-state index in [-0.39, 0.29) is 18.6 Å². The number of piperidine rings is 1. The Morgan fingerprint density at radius 2 is 2.05 bits per heavy atom. The van der Waals surface area contributed by atoms with Crippen molar-refractivity contribution in [3.8, 4) is 0 Å². The first kappa shape index (κ1) is 15.1. The lowest BCUT2D eigenvalue weighted by Gasteiger charge is -2.33. The summed E-state index contributed by atoms with van der Waals surface area (Å²) in [7, 11) is -3.77. The van der Waals surface area contributed by atoms with Crippen molar-refractivity contribution in [3.63, 3.8) is 0 Å². The summed E-state index contributed by atoms with van der Waals surface area (Å²) in [6, 6.07) is -0.388. The summed E-state index contributed by atoms with van der Waals surface area (Å²) in [6.07, 6.45) is 2.35. The average Bonchev–Trinajstić information content (AvgIpc) is 2.42. The van der Waals surface area contributed by atoms with Gasteiger partial charge in [-0.3, -0.25) is 0 Å². The molecule has 1 aliphatic rings. The monoisotopic (exact) mass is 301 g/mol. The van der Waals surface area contributed by atoms with Crippen LogP contribution in [0.15, 0.2) is 0 Å². The fourth-order valence-electron chi connectivity index (χ4n) is 2.15. The number of aliphatic hydroxyl groups is 1. The molecule has 112 valence electrons. The third-order valence-electron chi connectivity index (χ3n) is 3.40. The van der Waals surface area contributed by atoms with Gasteiger partial charge in [-0.25, -0.2) is 9.71 Å². The standard InChI is InChI=1S/C11H19N5O3S/c1-8-9(2)13-14-11(12-8)15-20(18,19)16-6-4-3-5-10(16)7-17/h10,17H,3-7H2,1-2H3,(H,12,14,15). The number of aromatic nitrogens is 3. The Morgan fingerprint density at radius 1 is 1.30 bits per heavy atom. The van der Waals surface area contributed by atoms with Crippen LogP contribution in [0, 0.1) is 13.8 Å². The Hall–Kier alpha value is -1.32. The molecule has 2 rings (SSSR count). The number of hydrogen-bond acceptors (Lipinski definition) is 6. The maximum atomic E-state index is 12.3. The molecule has 2 N–H and O–H groups in total. The zero-order chi connectivity index (χ0) is 14.8. The third kappa shape index (κ3) is 3.22. The van der Waals surface area contributed by atoms with Gasteiger partial charge in [-0.2, -0.15) is 17.8 Å². The molecule has 1 fully saturated rings. The predicted molar refractivity (Wildman–Crippen MR) is 73.3 cm³/mol. The molecule has 8 nitrogen and oxygen atoms in total. The summed E-state index contributed by atoms with van der Waals surface area (Å²) in [4.78, 5) is 4.05. The number of rotatable bonds is 4. The summed E-state index contributed by atoms with van der Waals surface area (Å²) in [6.45, 7) is 3.69. The molecule has 1 saturated heterocycles. The SMILES string of the molecule is Cc1nnc(NS(=O)(=O)N2CCCCC2CO)nc1C. The van der Waals surface area contributed by atoms with E-state index in [1.54, 1.807) is 13.8 Å². The largest absolute Gasteiger partial charge is 0.395 e. The molecule has 1 aromatic heterocycles. The fraction of sp³-hybridized carbons (Fsp3) is 0.727. The van der Waals surface area contributed by atoms with Crippen LogP contribution in [0.2, 0.25) is 0 Å². The van der Waals surface area contributed by atoms with E-state index in [1.807, 2.05) is 0 Å². The van der Waals surface area contributed by atoms with Gasteiger partial charge in [-0.1, -0.05) is 6.42 Å². The topological polar surface area (TPSA) is 108 Å². The highest BCUT2D eigenvalue weighted by atomic mass is 32.2. The first-order valence-electron chi connectivity index (χ1n) is 6.52. The highest BCUT2D eigenvalue weighted by Gasteiger charge is 2.32. The third-order valence-corrected chi connectivity index (χ3v) is 4.94. The molecule has 0 aromatic carbocycles. The van der Waals surface area contributed by atoms with Gasteiger partial charge in [0.2, 0.25) is 0 Å². The molecule has 0 saturated carbocycles. The maximum Gasteiger partial charge on any atom is 0.304 e. The Kier molecular flexibility index (Phi) is 4.51. The zero-order valence-corrected chi connectivity index (χ0v) is 12.4. The van der Waals surface area contributed by atoms with Gasteiger partial charge >= 0.3 is 10.2 Å². The molecular formula is C11H19N5O3S. The van der Waals surface area contributed by atoms with E-state index < -0.39 is 10.2 Å². The van der Waals surface area contributed by atoms with Crippen molar-refractivity contribution in [1.82, 2.24) is 19.5 Å². The van der Waals surface area contributed by atoms with Crippen LogP contribution in [0.25, 0.3) is 0 Å². The van der Waals surface area contributed by atoms with E-state index in [2.05, 4.69) is 19.9 Å². The number of nitrogens with zero attached hydrogens (tertiary/aromatic N) is 4. The van der Waals surface area contributed by atoms with Gasteiger partial charge in [0.15, 0.2) is 0 Å². The van der Waals surface area contributed by atoms with Crippen LogP contribution >= 0.6 is 0 Å². The molecule has 1 unspecified atom stereocenters. The van der Waals surface area contributed by atoms with Crippen molar-refractivity contribution in [2.75, 3.05) is 17.9 Å². The predicted octanol–water partition coefficient (Wildman–Crippen LogP) is -0.00806. The van der Waals surface area contributed by atoms with Gasteiger partial charge in [0.05, 0.1) is 18.0 Å². The quantitative estimate of drug-likeness (QED) is 0.810. The minimum absolute atomic E-state index is 0.0460. The van der Waals surface area contributed by atoms with Crippen molar-refractivity contribution in [3.05, 3.63) is 11.4 Å².